The number of amides is 2. The molecule has 1 heterocycles. The number of methoxy groups -OCH3 is 1. The van der Waals surface area contributed by atoms with Crippen molar-refractivity contribution in [3.05, 3.63) is 0 Å². The molecule has 0 spiro atoms. The van der Waals surface area contributed by atoms with E-state index < -0.39 is 29.8 Å². The third-order valence-corrected chi connectivity index (χ3v) is 3.01. The summed E-state index contributed by atoms with van der Waals surface area (Å²) in [4.78, 5) is 37.2. The van der Waals surface area contributed by atoms with Crippen molar-refractivity contribution >= 4 is 18.2 Å². The van der Waals surface area contributed by atoms with Gasteiger partial charge in [-0.3, -0.25) is 4.79 Å². The van der Waals surface area contributed by atoms with Crippen LogP contribution in [0.15, 0.2) is 0 Å². The summed E-state index contributed by atoms with van der Waals surface area (Å²) in [7, 11) is 1.25. The van der Waals surface area contributed by atoms with E-state index in [9.17, 15) is 14.4 Å². The standard InChI is InChI=1S/C13H22N2O6/c1-13(2,3)21-12(19)15-6-5-14(11(17)18)8-9(15)7-10(16)20-4/h9H,5-8H2,1-4H3,(H,17,18)/t9-/m0/s1. The summed E-state index contributed by atoms with van der Waals surface area (Å²) in [5, 5.41) is 9.03. The van der Waals surface area contributed by atoms with Crippen molar-refractivity contribution in [2.45, 2.75) is 38.8 Å². The first-order valence-corrected chi connectivity index (χ1v) is 6.68. The van der Waals surface area contributed by atoms with E-state index in [4.69, 9.17) is 9.84 Å². The van der Waals surface area contributed by atoms with Gasteiger partial charge in [-0.15, -0.1) is 0 Å². The molecule has 1 N–H and O–H groups in total. The lowest BCUT2D eigenvalue weighted by Gasteiger charge is -2.40. The molecule has 0 bridgehead atoms. The molecule has 120 valence electrons. The van der Waals surface area contributed by atoms with Crippen LogP contribution >= 0.6 is 0 Å². The van der Waals surface area contributed by atoms with Gasteiger partial charge in [0.05, 0.1) is 19.6 Å². The number of hydrogen-bond acceptors (Lipinski definition) is 5. The summed E-state index contributed by atoms with van der Waals surface area (Å²) in [5.41, 5.74) is -0.656. The van der Waals surface area contributed by atoms with Gasteiger partial charge in [0.2, 0.25) is 0 Å². The number of hydrogen-bond donors (Lipinski definition) is 1. The Labute approximate surface area is 123 Å². The molecule has 0 saturated carbocycles. The third-order valence-electron chi connectivity index (χ3n) is 3.01. The SMILES string of the molecule is COC(=O)C[C@H]1CN(C(=O)O)CCN1C(=O)OC(C)(C)C. The number of rotatable bonds is 2. The number of nitrogens with zero attached hydrogens (tertiary/aromatic N) is 2. The Morgan fingerprint density at radius 2 is 1.86 bits per heavy atom. The molecule has 0 aromatic carbocycles. The Kier molecular flexibility index (Phi) is 5.40. The number of piperazine rings is 1. The van der Waals surface area contributed by atoms with Crippen LogP contribution in [0.25, 0.3) is 0 Å². The molecule has 8 nitrogen and oxygen atoms in total. The number of carbonyl (C=O) groups excluding carboxylic acids is 2. The lowest BCUT2D eigenvalue weighted by atomic mass is 10.1. The molecule has 1 aliphatic rings. The zero-order valence-electron chi connectivity index (χ0n) is 12.8. The Balaban J connectivity index is 2.81. The molecule has 8 heteroatoms. The topological polar surface area (TPSA) is 96.4 Å². The van der Waals surface area contributed by atoms with E-state index in [0.717, 1.165) is 0 Å². The fourth-order valence-electron chi connectivity index (χ4n) is 2.04. The van der Waals surface area contributed by atoms with Crippen molar-refractivity contribution < 1.29 is 29.0 Å². The molecule has 0 aromatic rings. The van der Waals surface area contributed by atoms with Crippen LogP contribution in [0.5, 0.6) is 0 Å². The van der Waals surface area contributed by atoms with Crippen LogP contribution in [-0.2, 0) is 14.3 Å². The highest BCUT2D eigenvalue weighted by Crippen LogP contribution is 2.18. The maximum Gasteiger partial charge on any atom is 0.410 e. The Bertz CT molecular complexity index is 417. The first kappa shape index (κ1) is 17.1. The van der Waals surface area contributed by atoms with Crippen LogP contribution in [0.1, 0.15) is 27.2 Å². The first-order chi connectivity index (χ1) is 9.64. The third kappa shape index (κ3) is 5.13. The number of carboxylic acid groups (broad SMARTS) is 1. The van der Waals surface area contributed by atoms with Crippen molar-refractivity contribution in [2.75, 3.05) is 26.7 Å². The lowest BCUT2D eigenvalue weighted by molar-refractivity contribution is -0.142. The largest absolute Gasteiger partial charge is 0.469 e. The van der Waals surface area contributed by atoms with E-state index in [1.807, 2.05) is 0 Å². The molecule has 0 radical (unpaired) electrons. The molecule has 1 saturated heterocycles. The van der Waals surface area contributed by atoms with E-state index in [0.29, 0.717) is 0 Å². The normalized spacial score (nSPS) is 19.1. The van der Waals surface area contributed by atoms with Gasteiger partial charge >= 0.3 is 18.2 Å². The molecule has 0 unspecified atom stereocenters. The highest BCUT2D eigenvalue weighted by Gasteiger charge is 2.36. The maximum absolute atomic E-state index is 12.2. The summed E-state index contributed by atoms with van der Waals surface area (Å²) in [5.74, 6) is -0.499. The van der Waals surface area contributed by atoms with Crippen LogP contribution in [0.2, 0.25) is 0 Å². The van der Waals surface area contributed by atoms with Gasteiger partial charge in [-0.2, -0.15) is 0 Å². The van der Waals surface area contributed by atoms with Crippen molar-refractivity contribution in [1.82, 2.24) is 9.80 Å². The summed E-state index contributed by atoms with van der Waals surface area (Å²) >= 11 is 0. The van der Waals surface area contributed by atoms with Crippen molar-refractivity contribution in [3.8, 4) is 0 Å². The second-order valence-electron chi connectivity index (χ2n) is 5.84. The van der Waals surface area contributed by atoms with Crippen LogP contribution in [0.4, 0.5) is 9.59 Å². The van der Waals surface area contributed by atoms with Gasteiger partial charge in [0, 0.05) is 19.6 Å². The Morgan fingerprint density at radius 1 is 1.24 bits per heavy atom. The number of carbonyl (C=O) groups is 3. The molecule has 0 aliphatic carbocycles. The van der Waals surface area contributed by atoms with Gasteiger partial charge in [0.25, 0.3) is 0 Å². The first-order valence-electron chi connectivity index (χ1n) is 6.68. The van der Waals surface area contributed by atoms with Gasteiger partial charge < -0.3 is 24.4 Å². The zero-order valence-corrected chi connectivity index (χ0v) is 12.8. The van der Waals surface area contributed by atoms with Gasteiger partial charge in [0.1, 0.15) is 5.60 Å². The van der Waals surface area contributed by atoms with Crippen LogP contribution in [-0.4, -0.2) is 71.4 Å². The fraction of sp³-hybridized carbons (Fsp3) is 0.769. The smallest absolute Gasteiger partial charge is 0.410 e. The number of ether oxygens (including phenoxy) is 2. The predicted octanol–water partition coefficient (Wildman–Crippen LogP) is 1.15. The average Bonchev–Trinajstić information content (AvgIpc) is 2.36. The van der Waals surface area contributed by atoms with E-state index in [-0.39, 0.29) is 26.1 Å². The minimum absolute atomic E-state index is 0.0592. The van der Waals surface area contributed by atoms with Crippen LogP contribution < -0.4 is 0 Å². The molecule has 1 rings (SSSR count). The van der Waals surface area contributed by atoms with Crippen molar-refractivity contribution in [3.63, 3.8) is 0 Å². The highest BCUT2D eigenvalue weighted by molar-refractivity contribution is 5.74. The summed E-state index contributed by atoms with van der Waals surface area (Å²) < 4.78 is 9.88. The molecular formula is C13H22N2O6. The number of esters is 1. The summed E-state index contributed by atoms with van der Waals surface area (Å²) in [6, 6.07) is -0.586. The lowest BCUT2D eigenvalue weighted by Crippen LogP contribution is -2.57. The van der Waals surface area contributed by atoms with Gasteiger partial charge in [-0.25, -0.2) is 9.59 Å². The average molecular weight is 302 g/mol. The van der Waals surface area contributed by atoms with Crippen molar-refractivity contribution in [1.29, 1.82) is 0 Å². The van der Waals surface area contributed by atoms with Gasteiger partial charge in [-0.1, -0.05) is 0 Å². The van der Waals surface area contributed by atoms with E-state index in [1.54, 1.807) is 20.8 Å². The zero-order chi connectivity index (χ0) is 16.2. The second kappa shape index (κ2) is 6.64. The molecule has 21 heavy (non-hydrogen) atoms. The van der Waals surface area contributed by atoms with E-state index in [1.165, 1.54) is 16.9 Å². The molecule has 2 amide bonds. The minimum atomic E-state index is -1.08. The molecule has 1 fully saturated rings. The highest BCUT2D eigenvalue weighted by atomic mass is 16.6. The van der Waals surface area contributed by atoms with Crippen LogP contribution in [0.3, 0.4) is 0 Å². The summed E-state index contributed by atoms with van der Waals surface area (Å²) in [6.07, 6.45) is -1.70. The van der Waals surface area contributed by atoms with E-state index >= 15 is 0 Å². The monoisotopic (exact) mass is 302 g/mol. The van der Waals surface area contributed by atoms with E-state index in [2.05, 4.69) is 4.74 Å². The van der Waals surface area contributed by atoms with Crippen molar-refractivity contribution in [2.24, 2.45) is 0 Å². The Hall–Kier alpha value is -1.99. The molecular weight excluding hydrogens is 280 g/mol. The summed E-state index contributed by atoms with van der Waals surface area (Å²) in [6.45, 7) is 5.66. The molecule has 1 atom stereocenters. The fourth-order valence-corrected chi connectivity index (χ4v) is 2.04. The minimum Gasteiger partial charge on any atom is -0.469 e. The molecule has 1 aliphatic heterocycles. The second-order valence-corrected chi connectivity index (χ2v) is 5.84. The van der Waals surface area contributed by atoms with Crippen LogP contribution in [0, 0.1) is 0 Å². The maximum atomic E-state index is 12.2. The van der Waals surface area contributed by atoms with Gasteiger partial charge in [-0.05, 0) is 20.8 Å². The molecule has 0 aromatic heterocycles. The quantitative estimate of drug-likeness (QED) is 0.769. The Morgan fingerprint density at radius 3 is 2.33 bits per heavy atom. The van der Waals surface area contributed by atoms with Gasteiger partial charge in [0.15, 0.2) is 0 Å². The predicted molar refractivity (Wildman–Crippen MR) is 73.0 cm³/mol.